The van der Waals surface area contributed by atoms with Crippen LogP contribution < -0.4 is 0 Å². The predicted octanol–water partition coefficient (Wildman–Crippen LogP) is 3.12. The molecular weight excluding hydrogens is 421 g/mol. The number of sulfonamides is 1. The number of carbonyl (C=O) groups excluding carboxylic acids is 1. The molecule has 0 saturated heterocycles. The fourth-order valence-electron chi connectivity index (χ4n) is 3.03. The summed E-state index contributed by atoms with van der Waals surface area (Å²) in [6, 6.07) is 5.09. The van der Waals surface area contributed by atoms with Gasteiger partial charge in [-0.15, -0.1) is 11.3 Å². The molecule has 6 nitrogen and oxygen atoms in total. The van der Waals surface area contributed by atoms with Gasteiger partial charge in [-0.25, -0.2) is 13.2 Å². The van der Waals surface area contributed by atoms with Crippen molar-refractivity contribution in [3.8, 4) is 0 Å². The quantitative estimate of drug-likeness (QED) is 0.745. The summed E-state index contributed by atoms with van der Waals surface area (Å²) >= 11 is 13.0. The van der Waals surface area contributed by atoms with Crippen LogP contribution in [0.25, 0.3) is 0 Å². The van der Waals surface area contributed by atoms with E-state index in [0.717, 1.165) is 15.6 Å². The van der Waals surface area contributed by atoms with Gasteiger partial charge in [-0.3, -0.25) is 0 Å². The fraction of sp³-hybridized carbons (Fsp3) is 0.312. The molecular formula is C16H15Cl2NO5S2. The maximum Gasteiger partial charge on any atom is 0.348 e. The van der Waals surface area contributed by atoms with E-state index in [-0.39, 0.29) is 15.5 Å². The van der Waals surface area contributed by atoms with Crippen molar-refractivity contribution in [3.05, 3.63) is 50.3 Å². The van der Waals surface area contributed by atoms with Crippen LogP contribution in [0.5, 0.6) is 0 Å². The molecule has 3 rings (SSSR count). The van der Waals surface area contributed by atoms with Crippen molar-refractivity contribution in [2.75, 3.05) is 14.2 Å². The number of fused-ring (bicyclic) bond motifs is 1. The molecule has 1 aromatic heterocycles. The zero-order valence-corrected chi connectivity index (χ0v) is 16.9. The summed E-state index contributed by atoms with van der Waals surface area (Å²) in [6.07, 6.45) is -0.728. The topological polar surface area (TPSA) is 83.9 Å². The van der Waals surface area contributed by atoms with Gasteiger partial charge < -0.3 is 9.84 Å². The molecule has 1 heterocycles. The SMILES string of the molecule is COC(=O)c1ccc(S(=O)(=O)N(C)[C@@H]2c3cc(Cl)cc(Cl)c3C[C@@H]2O)s1. The number of ether oxygens (including phenoxy) is 1. The van der Waals surface area contributed by atoms with Crippen LogP contribution in [0.3, 0.4) is 0 Å². The molecule has 0 unspecified atom stereocenters. The van der Waals surface area contributed by atoms with E-state index in [1.807, 2.05) is 0 Å². The van der Waals surface area contributed by atoms with E-state index in [1.54, 1.807) is 12.1 Å². The molecule has 140 valence electrons. The fourth-order valence-corrected chi connectivity index (χ4v) is 6.39. The molecule has 26 heavy (non-hydrogen) atoms. The summed E-state index contributed by atoms with van der Waals surface area (Å²) in [5, 5.41) is 11.2. The number of likely N-dealkylation sites (N-methyl/N-ethyl adjacent to an activating group) is 1. The third-order valence-electron chi connectivity index (χ3n) is 4.28. The number of nitrogens with zero attached hydrogens (tertiary/aromatic N) is 1. The molecule has 1 aliphatic carbocycles. The Hall–Kier alpha value is -1.16. The Balaban J connectivity index is 2.00. The van der Waals surface area contributed by atoms with Crippen LogP contribution in [0.15, 0.2) is 28.5 Å². The van der Waals surface area contributed by atoms with Crippen molar-refractivity contribution in [2.24, 2.45) is 0 Å². The largest absolute Gasteiger partial charge is 0.465 e. The lowest BCUT2D eigenvalue weighted by atomic mass is 10.1. The molecule has 1 aliphatic rings. The van der Waals surface area contributed by atoms with Crippen LogP contribution >= 0.6 is 34.5 Å². The third-order valence-corrected chi connectivity index (χ3v) is 8.21. The number of thiophene rings is 1. The average Bonchev–Trinajstić information content (AvgIpc) is 3.18. The van der Waals surface area contributed by atoms with Gasteiger partial charge in [0.05, 0.1) is 19.3 Å². The number of aliphatic hydroxyl groups excluding tert-OH is 1. The minimum Gasteiger partial charge on any atom is -0.465 e. The van der Waals surface area contributed by atoms with Gasteiger partial charge in [0, 0.05) is 23.5 Å². The molecule has 2 atom stereocenters. The van der Waals surface area contributed by atoms with Crippen molar-refractivity contribution in [1.82, 2.24) is 4.31 Å². The predicted molar refractivity (Wildman–Crippen MR) is 99.5 cm³/mol. The summed E-state index contributed by atoms with van der Waals surface area (Å²) in [5.74, 6) is -0.607. The molecule has 1 N–H and O–H groups in total. The lowest BCUT2D eigenvalue weighted by Gasteiger charge is -2.26. The zero-order valence-electron chi connectivity index (χ0n) is 13.8. The summed E-state index contributed by atoms with van der Waals surface area (Å²) < 4.78 is 31.6. The number of rotatable bonds is 4. The van der Waals surface area contributed by atoms with E-state index in [1.165, 1.54) is 26.3 Å². The van der Waals surface area contributed by atoms with Crippen LogP contribution in [0.1, 0.15) is 26.8 Å². The number of halogens is 2. The van der Waals surface area contributed by atoms with E-state index in [2.05, 4.69) is 4.74 Å². The minimum absolute atomic E-state index is 0.0193. The van der Waals surface area contributed by atoms with Crippen molar-refractivity contribution >= 4 is 50.5 Å². The number of esters is 1. The van der Waals surface area contributed by atoms with E-state index in [9.17, 15) is 18.3 Å². The van der Waals surface area contributed by atoms with Crippen LogP contribution in [0.2, 0.25) is 10.0 Å². The summed E-state index contributed by atoms with van der Waals surface area (Å²) in [6.45, 7) is 0. The van der Waals surface area contributed by atoms with Gasteiger partial charge in [0.2, 0.25) is 0 Å². The third kappa shape index (κ3) is 3.26. The van der Waals surface area contributed by atoms with Gasteiger partial charge >= 0.3 is 5.97 Å². The van der Waals surface area contributed by atoms with Crippen molar-refractivity contribution in [1.29, 1.82) is 0 Å². The molecule has 0 bridgehead atoms. The Morgan fingerprint density at radius 2 is 2.04 bits per heavy atom. The molecule has 0 aliphatic heterocycles. The number of aliphatic hydroxyl groups is 1. The molecule has 10 heteroatoms. The highest BCUT2D eigenvalue weighted by Crippen LogP contribution is 2.43. The lowest BCUT2D eigenvalue weighted by molar-refractivity contribution is 0.0606. The first kappa shape index (κ1) is 19.6. The summed E-state index contributed by atoms with van der Waals surface area (Å²) in [4.78, 5) is 11.8. The molecule has 0 amide bonds. The van der Waals surface area contributed by atoms with Gasteiger partial charge in [-0.1, -0.05) is 23.2 Å². The lowest BCUT2D eigenvalue weighted by Crippen LogP contribution is -2.35. The van der Waals surface area contributed by atoms with Crippen molar-refractivity contribution in [3.63, 3.8) is 0 Å². The van der Waals surface area contributed by atoms with E-state index < -0.39 is 28.1 Å². The number of carbonyl (C=O) groups is 1. The van der Waals surface area contributed by atoms with Crippen LogP contribution in [0.4, 0.5) is 0 Å². The van der Waals surface area contributed by atoms with Crippen LogP contribution in [0, 0.1) is 0 Å². The maximum atomic E-state index is 13.0. The number of methoxy groups -OCH3 is 1. The first-order chi connectivity index (χ1) is 12.2. The first-order valence-electron chi connectivity index (χ1n) is 7.49. The van der Waals surface area contributed by atoms with E-state index in [4.69, 9.17) is 23.2 Å². The average molecular weight is 436 g/mol. The Morgan fingerprint density at radius 1 is 1.35 bits per heavy atom. The highest BCUT2D eigenvalue weighted by Gasteiger charge is 2.41. The number of benzene rings is 1. The Kier molecular flexibility index (Phi) is 5.35. The standard InChI is InChI=1S/C16H15Cl2NO5S2/c1-19(26(22,23)14-4-3-13(25-14)16(21)24-2)15-10-5-8(17)6-11(18)9(10)7-12(15)20/h3-6,12,15,20H,7H2,1-2H3/t12-,15+/m0/s1. The van der Waals surface area contributed by atoms with Gasteiger partial charge in [0.15, 0.2) is 0 Å². The zero-order chi connectivity index (χ0) is 19.2. The van der Waals surface area contributed by atoms with Crippen molar-refractivity contribution in [2.45, 2.75) is 22.8 Å². The monoisotopic (exact) mass is 435 g/mol. The molecule has 0 spiro atoms. The van der Waals surface area contributed by atoms with Gasteiger partial charge in [0.25, 0.3) is 10.0 Å². The minimum atomic E-state index is -3.95. The van der Waals surface area contributed by atoms with Crippen molar-refractivity contribution < 1.29 is 23.1 Å². The summed E-state index contributed by atoms with van der Waals surface area (Å²) in [7, 11) is -1.34. The van der Waals surface area contributed by atoms with E-state index in [0.29, 0.717) is 21.2 Å². The number of hydrogen-bond donors (Lipinski definition) is 1. The Morgan fingerprint density at radius 3 is 2.69 bits per heavy atom. The number of hydrogen-bond acceptors (Lipinski definition) is 6. The van der Waals surface area contributed by atoms with E-state index >= 15 is 0 Å². The highest BCUT2D eigenvalue weighted by molar-refractivity contribution is 7.91. The molecule has 0 radical (unpaired) electrons. The van der Waals surface area contributed by atoms with Gasteiger partial charge in [-0.05, 0) is 35.4 Å². The second kappa shape index (κ2) is 7.10. The van der Waals surface area contributed by atoms with Crippen LogP contribution in [-0.4, -0.2) is 44.1 Å². The molecule has 0 fully saturated rings. The first-order valence-corrected chi connectivity index (χ1v) is 10.5. The Bertz CT molecular complexity index is 973. The normalized spacial score (nSPS) is 19.6. The highest BCUT2D eigenvalue weighted by atomic mass is 35.5. The Labute approximate surface area is 165 Å². The molecule has 1 aromatic carbocycles. The van der Waals surface area contributed by atoms with Gasteiger partial charge in [-0.2, -0.15) is 4.31 Å². The smallest absolute Gasteiger partial charge is 0.348 e. The van der Waals surface area contributed by atoms with Gasteiger partial charge in [0.1, 0.15) is 9.09 Å². The second-order valence-corrected chi connectivity index (χ2v) is 9.95. The maximum absolute atomic E-state index is 13.0. The summed E-state index contributed by atoms with van der Waals surface area (Å²) in [5.41, 5.74) is 1.25. The molecule has 2 aromatic rings. The molecule has 0 saturated carbocycles. The second-order valence-electron chi connectivity index (χ2n) is 5.80. The van der Waals surface area contributed by atoms with Crippen LogP contribution in [-0.2, 0) is 21.2 Å².